The second-order valence-electron chi connectivity index (χ2n) is 5.46. The van der Waals surface area contributed by atoms with Crippen molar-refractivity contribution in [1.29, 1.82) is 0 Å². The van der Waals surface area contributed by atoms with Gasteiger partial charge in [0.25, 0.3) is 0 Å². The first-order valence-corrected chi connectivity index (χ1v) is 6.39. The lowest BCUT2D eigenvalue weighted by molar-refractivity contribution is 0.103. The molecule has 0 unspecified atom stereocenters. The third-order valence-corrected chi connectivity index (χ3v) is 3.60. The molecule has 0 amide bonds. The summed E-state index contributed by atoms with van der Waals surface area (Å²) in [5, 5.41) is 3.30. The van der Waals surface area contributed by atoms with E-state index in [0.717, 1.165) is 32.2 Å². The normalized spacial score (nSPS) is 18.0. The Labute approximate surface area is 107 Å². The summed E-state index contributed by atoms with van der Waals surface area (Å²) in [6.07, 6.45) is 0.524. The molecule has 0 saturated carbocycles. The van der Waals surface area contributed by atoms with Crippen molar-refractivity contribution in [2.75, 3.05) is 26.2 Å². The molecule has 1 aliphatic heterocycles. The number of benzene rings is 1. The molecule has 1 fully saturated rings. The van der Waals surface area contributed by atoms with E-state index < -0.39 is 0 Å². The molecule has 0 radical (unpaired) electrons. The van der Waals surface area contributed by atoms with Crippen LogP contribution < -0.4 is 5.32 Å². The minimum Gasteiger partial charge on any atom is -0.314 e. The first-order valence-electron chi connectivity index (χ1n) is 6.39. The summed E-state index contributed by atoms with van der Waals surface area (Å²) in [4.78, 5) is 2.33. The summed E-state index contributed by atoms with van der Waals surface area (Å²) < 4.78 is 26.8. The van der Waals surface area contributed by atoms with Crippen LogP contribution >= 0.6 is 0 Å². The lowest BCUT2D eigenvalue weighted by atomic mass is 9.92. The van der Waals surface area contributed by atoms with Crippen LogP contribution in [0.1, 0.15) is 19.4 Å². The Kier molecular flexibility index (Phi) is 3.97. The van der Waals surface area contributed by atoms with Crippen LogP contribution in [-0.2, 0) is 6.42 Å². The summed E-state index contributed by atoms with van der Waals surface area (Å²) >= 11 is 0. The van der Waals surface area contributed by atoms with E-state index in [1.54, 1.807) is 0 Å². The maximum atomic E-state index is 13.7. The van der Waals surface area contributed by atoms with Gasteiger partial charge in [0.2, 0.25) is 0 Å². The molecule has 0 spiro atoms. The highest BCUT2D eigenvalue weighted by molar-refractivity contribution is 5.21. The van der Waals surface area contributed by atoms with E-state index in [1.807, 2.05) is 0 Å². The van der Waals surface area contributed by atoms with E-state index in [1.165, 1.54) is 12.1 Å². The summed E-state index contributed by atoms with van der Waals surface area (Å²) in [5.41, 5.74) is 0.301. The molecule has 2 rings (SSSR count). The Bertz CT molecular complexity index is 412. The van der Waals surface area contributed by atoms with E-state index in [-0.39, 0.29) is 17.2 Å². The Morgan fingerprint density at radius 2 is 1.89 bits per heavy atom. The molecule has 1 aromatic carbocycles. The van der Waals surface area contributed by atoms with Crippen LogP contribution in [0.15, 0.2) is 18.2 Å². The molecule has 0 atom stereocenters. The van der Waals surface area contributed by atoms with Gasteiger partial charge < -0.3 is 5.32 Å². The highest BCUT2D eigenvalue weighted by Gasteiger charge is 2.29. The largest absolute Gasteiger partial charge is 0.314 e. The van der Waals surface area contributed by atoms with Crippen LogP contribution in [0.4, 0.5) is 8.78 Å². The van der Waals surface area contributed by atoms with E-state index in [0.29, 0.717) is 12.0 Å². The average Bonchev–Trinajstić information content (AvgIpc) is 2.35. The zero-order valence-electron chi connectivity index (χ0n) is 11.0. The van der Waals surface area contributed by atoms with Gasteiger partial charge in [-0.2, -0.15) is 0 Å². The fourth-order valence-electron chi connectivity index (χ4n) is 2.53. The summed E-state index contributed by atoms with van der Waals surface area (Å²) in [6, 6.07) is 3.68. The molecule has 1 heterocycles. The van der Waals surface area contributed by atoms with Gasteiger partial charge in [-0.1, -0.05) is 0 Å². The van der Waals surface area contributed by atoms with E-state index >= 15 is 0 Å². The fraction of sp³-hybridized carbons (Fsp3) is 0.571. The second kappa shape index (κ2) is 5.33. The zero-order valence-corrected chi connectivity index (χ0v) is 11.0. The monoisotopic (exact) mass is 254 g/mol. The fourth-order valence-corrected chi connectivity index (χ4v) is 2.53. The van der Waals surface area contributed by atoms with Crippen molar-refractivity contribution in [2.45, 2.75) is 25.8 Å². The standard InChI is InChI=1S/C14H20F2N2/c1-14(2,18-7-5-17-6-8-18)10-11-9-12(15)3-4-13(11)16/h3-4,9,17H,5-8,10H2,1-2H3. The number of nitrogens with one attached hydrogen (secondary N) is 1. The molecule has 0 bridgehead atoms. The van der Waals surface area contributed by atoms with Crippen LogP contribution in [-0.4, -0.2) is 36.6 Å². The lowest BCUT2D eigenvalue weighted by Gasteiger charge is -2.41. The number of rotatable bonds is 3. The highest BCUT2D eigenvalue weighted by Crippen LogP contribution is 2.23. The number of nitrogens with zero attached hydrogens (tertiary/aromatic N) is 1. The molecule has 1 aromatic rings. The van der Waals surface area contributed by atoms with Crippen molar-refractivity contribution in [3.05, 3.63) is 35.4 Å². The van der Waals surface area contributed by atoms with Crippen LogP contribution in [0.2, 0.25) is 0 Å². The van der Waals surface area contributed by atoms with Crippen LogP contribution in [0, 0.1) is 11.6 Å². The molecule has 1 aliphatic rings. The van der Waals surface area contributed by atoms with Gasteiger partial charge in [0, 0.05) is 31.7 Å². The molecule has 100 valence electrons. The molecular formula is C14H20F2N2. The van der Waals surface area contributed by atoms with Crippen molar-refractivity contribution in [1.82, 2.24) is 10.2 Å². The first-order chi connectivity index (χ1) is 8.49. The van der Waals surface area contributed by atoms with Gasteiger partial charge in [-0.05, 0) is 44.0 Å². The molecular weight excluding hydrogens is 234 g/mol. The Morgan fingerprint density at radius 1 is 1.22 bits per heavy atom. The SMILES string of the molecule is CC(C)(Cc1cc(F)ccc1F)N1CCNCC1. The second-order valence-corrected chi connectivity index (χ2v) is 5.46. The topological polar surface area (TPSA) is 15.3 Å². The van der Waals surface area contributed by atoms with Crippen molar-refractivity contribution >= 4 is 0 Å². The average molecular weight is 254 g/mol. The summed E-state index contributed by atoms with van der Waals surface area (Å²) in [6.45, 7) is 7.98. The molecule has 1 saturated heterocycles. The van der Waals surface area contributed by atoms with Crippen molar-refractivity contribution < 1.29 is 8.78 Å². The lowest BCUT2D eigenvalue weighted by Crippen LogP contribution is -2.54. The third-order valence-electron chi connectivity index (χ3n) is 3.60. The Balaban J connectivity index is 2.13. The van der Waals surface area contributed by atoms with Gasteiger partial charge in [-0.15, -0.1) is 0 Å². The minimum atomic E-state index is -0.373. The number of halogens is 2. The van der Waals surface area contributed by atoms with E-state index in [9.17, 15) is 8.78 Å². The van der Waals surface area contributed by atoms with Gasteiger partial charge >= 0.3 is 0 Å². The van der Waals surface area contributed by atoms with Gasteiger partial charge in [-0.25, -0.2) is 8.78 Å². The quantitative estimate of drug-likeness (QED) is 0.889. The van der Waals surface area contributed by atoms with Crippen LogP contribution in [0.25, 0.3) is 0 Å². The van der Waals surface area contributed by atoms with Gasteiger partial charge in [0.1, 0.15) is 11.6 Å². The van der Waals surface area contributed by atoms with Gasteiger partial charge in [0.15, 0.2) is 0 Å². The number of hydrogen-bond donors (Lipinski definition) is 1. The molecule has 0 aromatic heterocycles. The molecule has 1 N–H and O–H groups in total. The molecule has 4 heteroatoms. The van der Waals surface area contributed by atoms with Gasteiger partial charge in [0.05, 0.1) is 0 Å². The van der Waals surface area contributed by atoms with Crippen LogP contribution in [0.3, 0.4) is 0 Å². The predicted molar refractivity (Wildman–Crippen MR) is 68.6 cm³/mol. The van der Waals surface area contributed by atoms with E-state index in [4.69, 9.17) is 0 Å². The maximum absolute atomic E-state index is 13.7. The maximum Gasteiger partial charge on any atom is 0.126 e. The zero-order chi connectivity index (χ0) is 13.2. The highest BCUT2D eigenvalue weighted by atomic mass is 19.1. The molecule has 0 aliphatic carbocycles. The Hall–Kier alpha value is -1.00. The van der Waals surface area contributed by atoms with E-state index in [2.05, 4.69) is 24.1 Å². The Morgan fingerprint density at radius 3 is 2.56 bits per heavy atom. The minimum absolute atomic E-state index is 0.156. The number of hydrogen-bond acceptors (Lipinski definition) is 2. The van der Waals surface area contributed by atoms with Crippen molar-refractivity contribution in [3.63, 3.8) is 0 Å². The molecule has 18 heavy (non-hydrogen) atoms. The van der Waals surface area contributed by atoms with Crippen molar-refractivity contribution in [2.24, 2.45) is 0 Å². The first kappa shape index (κ1) is 13.4. The third kappa shape index (κ3) is 3.06. The summed E-state index contributed by atoms with van der Waals surface area (Å²) in [7, 11) is 0. The summed E-state index contributed by atoms with van der Waals surface area (Å²) in [5.74, 6) is -0.692. The molecule has 2 nitrogen and oxygen atoms in total. The van der Waals surface area contributed by atoms with Gasteiger partial charge in [-0.3, -0.25) is 4.90 Å². The van der Waals surface area contributed by atoms with Crippen LogP contribution in [0.5, 0.6) is 0 Å². The predicted octanol–water partition coefficient (Wildman–Crippen LogP) is 2.19. The van der Waals surface area contributed by atoms with Crippen molar-refractivity contribution in [3.8, 4) is 0 Å². The number of piperazine rings is 1. The smallest absolute Gasteiger partial charge is 0.126 e.